The van der Waals surface area contributed by atoms with Crippen molar-refractivity contribution >= 4 is 38.8 Å². The first-order chi connectivity index (χ1) is 8.11. The quantitative estimate of drug-likeness (QED) is 0.846. The summed E-state index contributed by atoms with van der Waals surface area (Å²) in [7, 11) is 0. The molecule has 0 aliphatic heterocycles. The Hall–Kier alpha value is -0.610. The summed E-state index contributed by atoms with van der Waals surface area (Å²) in [6, 6.07) is 6.10. The van der Waals surface area contributed by atoms with Crippen molar-refractivity contribution < 1.29 is 0 Å². The highest BCUT2D eigenvalue weighted by Crippen LogP contribution is 2.33. The minimum Gasteiger partial charge on any atom is -0.389 e. The van der Waals surface area contributed by atoms with Gasteiger partial charge in [0.1, 0.15) is 4.99 Å². The average Bonchev–Trinajstić information content (AvgIpc) is 3.09. The summed E-state index contributed by atoms with van der Waals surface area (Å²) in [6.07, 6.45) is 2.71. The average molecular weight is 313 g/mol. The van der Waals surface area contributed by atoms with Crippen LogP contribution in [0.15, 0.2) is 22.7 Å². The molecule has 0 aromatic heterocycles. The summed E-state index contributed by atoms with van der Waals surface area (Å²) in [5.74, 6) is 0.855. The van der Waals surface area contributed by atoms with Gasteiger partial charge < -0.3 is 10.6 Å². The molecule has 92 valence electrons. The van der Waals surface area contributed by atoms with Gasteiger partial charge in [-0.1, -0.05) is 28.1 Å². The first-order valence-electron chi connectivity index (χ1n) is 5.96. The van der Waals surface area contributed by atoms with Crippen LogP contribution in [0, 0.1) is 5.92 Å². The van der Waals surface area contributed by atoms with Crippen molar-refractivity contribution in [2.75, 3.05) is 18.0 Å². The zero-order chi connectivity index (χ0) is 12.4. The summed E-state index contributed by atoms with van der Waals surface area (Å²) in [5.41, 5.74) is 7.92. The van der Waals surface area contributed by atoms with E-state index in [0.29, 0.717) is 4.99 Å². The molecule has 1 aliphatic carbocycles. The Morgan fingerprint density at radius 2 is 2.24 bits per heavy atom. The van der Waals surface area contributed by atoms with Crippen molar-refractivity contribution in [3.8, 4) is 0 Å². The molecule has 0 spiro atoms. The van der Waals surface area contributed by atoms with Gasteiger partial charge in [-0.2, -0.15) is 0 Å². The van der Waals surface area contributed by atoms with Crippen molar-refractivity contribution in [1.29, 1.82) is 0 Å². The summed E-state index contributed by atoms with van der Waals surface area (Å²) in [6.45, 7) is 4.28. The van der Waals surface area contributed by atoms with Crippen LogP contribution >= 0.6 is 28.1 Å². The third-order valence-corrected chi connectivity index (χ3v) is 3.84. The molecular weight excluding hydrogens is 296 g/mol. The molecule has 0 unspecified atom stereocenters. The fourth-order valence-corrected chi connectivity index (χ4v) is 2.51. The third-order valence-electron chi connectivity index (χ3n) is 3.12. The van der Waals surface area contributed by atoms with Crippen LogP contribution in [0.25, 0.3) is 0 Å². The Bertz CT molecular complexity index is 429. The van der Waals surface area contributed by atoms with E-state index in [0.717, 1.165) is 34.7 Å². The molecule has 0 heterocycles. The lowest BCUT2D eigenvalue weighted by molar-refractivity contribution is 0.741. The second kappa shape index (κ2) is 5.36. The maximum atomic E-state index is 5.79. The molecule has 0 radical (unpaired) electrons. The number of nitrogens with two attached hydrogens (primary N) is 1. The SMILES string of the molecule is CCN(CC1CC1)c1cc(Br)ccc1C(N)=S. The van der Waals surface area contributed by atoms with Gasteiger partial charge in [-0.3, -0.25) is 0 Å². The van der Waals surface area contributed by atoms with Crippen molar-refractivity contribution in [2.24, 2.45) is 11.7 Å². The number of halogens is 1. The van der Waals surface area contributed by atoms with Gasteiger partial charge in [0.2, 0.25) is 0 Å². The molecule has 2 rings (SSSR count). The number of benzene rings is 1. The van der Waals surface area contributed by atoms with Gasteiger partial charge >= 0.3 is 0 Å². The number of hydrogen-bond donors (Lipinski definition) is 1. The van der Waals surface area contributed by atoms with Gasteiger partial charge in [0.25, 0.3) is 0 Å². The van der Waals surface area contributed by atoms with Crippen molar-refractivity contribution in [3.05, 3.63) is 28.2 Å². The molecular formula is C13H17BrN2S. The predicted octanol–water partition coefficient (Wildman–Crippen LogP) is 3.32. The summed E-state index contributed by atoms with van der Waals surface area (Å²) >= 11 is 8.64. The van der Waals surface area contributed by atoms with Crippen LogP contribution in [0.3, 0.4) is 0 Å². The van der Waals surface area contributed by atoms with Gasteiger partial charge in [0.15, 0.2) is 0 Å². The van der Waals surface area contributed by atoms with Gasteiger partial charge in [0.05, 0.1) is 0 Å². The molecule has 17 heavy (non-hydrogen) atoms. The molecule has 4 heteroatoms. The van der Waals surface area contributed by atoms with E-state index in [-0.39, 0.29) is 0 Å². The minimum absolute atomic E-state index is 0.474. The standard InChI is InChI=1S/C13H17BrN2S/c1-2-16(8-9-3-4-9)12-7-10(14)5-6-11(12)13(15)17/h5-7,9H,2-4,8H2,1H3,(H2,15,17). The second-order valence-electron chi connectivity index (χ2n) is 4.51. The second-order valence-corrected chi connectivity index (χ2v) is 5.86. The predicted molar refractivity (Wildman–Crippen MR) is 80.6 cm³/mol. The lowest BCUT2D eigenvalue weighted by Crippen LogP contribution is -2.28. The first kappa shape index (κ1) is 12.8. The third kappa shape index (κ3) is 3.19. The number of nitrogens with zero attached hydrogens (tertiary/aromatic N) is 1. The molecule has 1 aromatic rings. The van der Waals surface area contributed by atoms with E-state index in [2.05, 4.69) is 33.8 Å². The van der Waals surface area contributed by atoms with Crippen LogP contribution in [0.4, 0.5) is 5.69 Å². The topological polar surface area (TPSA) is 29.3 Å². The molecule has 0 bridgehead atoms. The number of anilines is 1. The lowest BCUT2D eigenvalue weighted by atomic mass is 10.1. The highest BCUT2D eigenvalue weighted by atomic mass is 79.9. The molecule has 1 saturated carbocycles. The van der Waals surface area contributed by atoms with E-state index in [1.165, 1.54) is 12.8 Å². The fraction of sp³-hybridized carbons (Fsp3) is 0.462. The van der Waals surface area contributed by atoms with Crippen LogP contribution in [0.5, 0.6) is 0 Å². The monoisotopic (exact) mass is 312 g/mol. The van der Waals surface area contributed by atoms with Gasteiger partial charge in [-0.05, 0) is 43.9 Å². The molecule has 2 N–H and O–H groups in total. The maximum absolute atomic E-state index is 5.79. The van der Waals surface area contributed by atoms with E-state index >= 15 is 0 Å². The molecule has 2 nitrogen and oxygen atoms in total. The molecule has 0 saturated heterocycles. The van der Waals surface area contributed by atoms with Gasteiger partial charge in [0, 0.05) is 28.8 Å². The highest BCUT2D eigenvalue weighted by molar-refractivity contribution is 9.10. The summed E-state index contributed by atoms with van der Waals surface area (Å²) in [4.78, 5) is 2.85. The number of hydrogen-bond acceptors (Lipinski definition) is 2. The van der Waals surface area contributed by atoms with E-state index in [1.54, 1.807) is 0 Å². The fourth-order valence-electron chi connectivity index (χ4n) is 1.98. The Kier molecular flexibility index (Phi) is 4.05. The van der Waals surface area contributed by atoms with Crippen LogP contribution in [-0.4, -0.2) is 18.1 Å². The van der Waals surface area contributed by atoms with Crippen LogP contribution in [-0.2, 0) is 0 Å². The largest absolute Gasteiger partial charge is 0.389 e. The van der Waals surface area contributed by atoms with E-state index in [1.807, 2.05) is 12.1 Å². The van der Waals surface area contributed by atoms with Gasteiger partial charge in [-0.25, -0.2) is 0 Å². The molecule has 0 amide bonds. The molecule has 1 aliphatic rings. The van der Waals surface area contributed by atoms with Crippen molar-refractivity contribution in [2.45, 2.75) is 19.8 Å². The number of rotatable bonds is 5. The van der Waals surface area contributed by atoms with E-state index in [9.17, 15) is 0 Å². The minimum atomic E-state index is 0.474. The Labute approximate surface area is 116 Å². The Morgan fingerprint density at radius 1 is 1.53 bits per heavy atom. The van der Waals surface area contributed by atoms with Crippen molar-refractivity contribution in [1.82, 2.24) is 0 Å². The first-order valence-corrected chi connectivity index (χ1v) is 7.16. The number of thiocarbonyl (C=S) groups is 1. The molecule has 1 aromatic carbocycles. The Morgan fingerprint density at radius 3 is 2.76 bits per heavy atom. The summed E-state index contributed by atoms with van der Waals surface area (Å²) < 4.78 is 1.07. The lowest BCUT2D eigenvalue weighted by Gasteiger charge is -2.25. The normalized spacial score (nSPS) is 14.7. The maximum Gasteiger partial charge on any atom is 0.106 e. The van der Waals surface area contributed by atoms with Crippen molar-refractivity contribution in [3.63, 3.8) is 0 Å². The highest BCUT2D eigenvalue weighted by Gasteiger charge is 2.25. The van der Waals surface area contributed by atoms with Crippen LogP contribution in [0.1, 0.15) is 25.3 Å². The zero-order valence-electron chi connectivity index (χ0n) is 9.95. The summed E-state index contributed by atoms with van der Waals surface area (Å²) in [5, 5.41) is 0. The molecule has 0 atom stereocenters. The molecule has 1 fully saturated rings. The van der Waals surface area contributed by atoms with Crippen LogP contribution < -0.4 is 10.6 Å². The van der Waals surface area contributed by atoms with E-state index in [4.69, 9.17) is 18.0 Å². The Balaban J connectivity index is 2.31. The van der Waals surface area contributed by atoms with Gasteiger partial charge in [-0.15, -0.1) is 0 Å². The smallest absolute Gasteiger partial charge is 0.106 e. The van der Waals surface area contributed by atoms with E-state index < -0.39 is 0 Å². The van der Waals surface area contributed by atoms with Crippen LogP contribution in [0.2, 0.25) is 0 Å². The zero-order valence-corrected chi connectivity index (χ0v) is 12.4.